The van der Waals surface area contributed by atoms with Crippen LogP contribution in [-0.4, -0.2) is 18.6 Å². The van der Waals surface area contributed by atoms with Gasteiger partial charge in [-0.2, -0.15) is 0 Å². The zero-order valence-corrected chi connectivity index (χ0v) is 13.1. The summed E-state index contributed by atoms with van der Waals surface area (Å²) in [6.07, 6.45) is 2.75. The van der Waals surface area contributed by atoms with Crippen molar-refractivity contribution in [3.05, 3.63) is 47.9 Å². The monoisotopic (exact) mass is 320 g/mol. The summed E-state index contributed by atoms with van der Waals surface area (Å²) < 4.78 is 19.3. The number of carbonyl (C=O) groups is 2. The SMILES string of the molecule is C=C1NC(=O)N[C@H](c2ccccc2F)[C@@H]1C(=O)OCCCCC. The molecule has 0 bridgehead atoms. The number of esters is 1. The Hall–Kier alpha value is -2.37. The van der Waals surface area contributed by atoms with Crippen LogP contribution in [0.4, 0.5) is 9.18 Å². The number of hydrogen-bond acceptors (Lipinski definition) is 3. The highest BCUT2D eigenvalue weighted by atomic mass is 19.1. The molecule has 0 unspecified atom stereocenters. The number of urea groups is 1. The smallest absolute Gasteiger partial charge is 0.319 e. The van der Waals surface area contributed by atoms with Crippen molar-refractivity contribution >= 4 is 12.0 Å². The van der Waals surface area contributed by atoms with E-state index in [4.69, 9.17) is 4.74 Å². The quantitative estimate of drug-likeness (QED) is 0.625. The first kappa shape index (κ1) is 17.0. The molecule has 5 nitrogen and oxygen atoms in total. The van der Waals surface area contributed by atoms with Gasteiger partial charge in [-0.15, -0.1) is 0 Å². The molecule has 6 heteroatoms. The van der Waals surface area contributed by atoms with Gasteiger partial charge in [0, 0.05) is 11.3 Å². The van der Waals surface area contributed by atoms with Crippen molar-refractivity contribution in [1.29, 1.82) is 0 Å². The van der Waals surface area contributed by atoms with Crippen molar-refractivity contribution in [3.8, 4) is 0 Å². The number of halogens is 1. The number of rotatable bonds is 6. The molecule has 2 amide bonds. The largest absolute Gasteiger partial charge is 0.465 e. The fourth-order valence-electron chi connectivity index (χ4n) is 2.56. The first-order chi connectivity index (χ1) is 11.0. The lowest BCUT2D eigenvalue weighted by molar-refractivity contribution is -0.148. The highest BCUT2D eigenvalue weighted by molar-refractivity contribution is 5.85. The van der Waals surface area contributed by atoms with Crippen LogP contribution in [0.5, 0.6) is 0 Å². The molecular weight excluding hydrogens is 299 g/mol. The fraction of sp³-hybridized carbons (Fsp3) is 0.412. The number of amides is 2. The molecule has 2 N–H and O–H groups in total. The molecule has 0 radical (unpaired) electrons. The summed E-state index contributed by atoms with van der Waals surface area (Å²) in [5.74, 6) is -1.88. The summed E-state index contributed by atoms with van der Waals surface area (Å²) >= 11 is 0. The number of nitrogens with one attached hydrogen (secondary N) is 2. The first-order valence-electron chi connectivity index (χ1n) is 7.72. The van der Waals surface area contributed by atoms with E-state index in [1.807, 2.05) is 0 Å². The molecule has 23 heavy (non-hydrogen) atoms. The number of carbonyl (C=O) groups excluding carboxylic acids is 2. The van der Waals surface area contributed by atoms with Gasteiger partial charge >= 0.3 is 12.0 Å². The summed E-state index contributed by atoms with van der Waals surface area (Å²) in [7, 11) is 0. The van der Waals surface area contributed by atoms with Gasteiger partial charge in [0.05, 0.1) is 12.6 Å². The maximum Gasteiger partial charge on any atom is 0.319 e. The van der Waals surface area contributed by atoms with E-state index in [1.54, 1.807) is 12.1 Å². The Morgan fingerprint density at radius 3 is 2.78 bits per heavy atom. The van der Waals surface area contributed by atoms with Crippen molar-refractivity contribution in [2.45, 2.75) is 32.2 Å². The van der Waals surface area contributed by atoms with E-state index in [-0.39, 0.29) is 11.3 Å². The Morgan fingerprint density at radius 1 is 1.35 bits per heavy atom. The van der Waals surface area contributed by atoms with E-state index in [0.717, 1.165) is 19.3 Å². The molecule has 0 spiro atoms. The maximum absolute atomic E-state index is 14.1. The molecule has 1 heterocycles. The number of ether oxygens (including phenoxy) is 1. The summed E-state index contributed by atoms with van der Waals surface area (Å²) in [5, 5.41) is 5.05. The minimum Gasteiger partial charge on any atom is -0.465 e. The van der Waals surface area contributed by atoms with Crippen molar-refractivity contribution in [3.63, 3.8) is 0 Å². The Kier molecular flexibility index (Phi) is 5.73. The fourth-order valence-corrected chi connectivity index (χ4v) is 2.56. The zero-order valence-electron chi connectivity index (χ0n) is 13.1. The summed E-state index contributed by atoms with van der Waals surface area (Å²) in [6.45, 7) is 6.08. The Balaban J connectivity index is 2.19. The lowest BCUT2D eigenvalue weighted by Gasteiger charge is -2.33. The van der Waals surface area contributed by atoms with Crippen LogP contribution in [0.15, 0.2) is 36.5 Å². The summed E-state index contributed by atoms with van der Waals surface area (Å²) in [4.78, 5) is 24.1. The first-order valence-corrected chi connectivity index (χ1v) is 7.72. The number of hydrogen-bond donors (Lipinski definition) is 2. The van der Waals surface area contributed by atoms with Crippen LogP contribution in [0.3, 0.4) is 0 Å². The van der Waals surface area contributed by atoms with Crippen LogP contribution >= 0.6 is 0 Å². The molecular formula is C17H21FN2O3. The molecule has 0 saturated carbocycles. The molecule has 1 saturated heterocycles. The van der Waals surface area contributed by atoms with E-state index in [2.05, 4.69) is 24.1 Å². The second-order valence-corrected chi connectivity index (χ2v) is 5.48. The third kappa shape index (κ3) is 4.09. The topological polar surface area (TPSA) is 67.4 Å². The van der Waals surface area contributed by atoms with Crippen LogP contribution in [0.1, 0.15) is 37.8 Å². The number of benzene rings is 1. The van der Waals surface area contributed by atoms with Gasteiger partial charge in [0.15, 0.2) is 0 Å². The highest BCUT2D eigenvalue weighted by Gasteiger charge is 2.39. The van der Waals surface area contributed by atoms with Gasteiger partial charge in [-0.1, -0.05) is 44.5 Å². The average Bonchev–Trinajstić information content (AvgIpc) is 2.51. The van der Waals surface area contributed by atoms with E-state index in [9.17, 15) is 14.0 Å². The minimum atomic E-state index is -0.869. The third-order valence-corrected chi connectivity index (χ3v) is 3.76. The zero-order chi connectivity index (χ0) is 16.8. The van der Waals surface area contributed by atoms with Gasteiger partial charge in [-0.05, 0) is 12.5 Å². The molecule has 2 rings (SSSR count). The second-order valence-electron chi connectivity index (χ2n) is 5.48. The predicted octanol–water partition coefficient (Wildman–Crippen LogP) is 3.04. The third-order valence-electron chi connectivity index (χ3n) is 3.76. The minimum absolute atomic E-state index is 0.211. The van der Waals surface area contributed by atoms with Crippen molar-refractivity contribution < 1.29 is 18.7 Å². The van der Waals surface area contributed by atoms with Gasteiger partial charge in [0.25, 0.3) is 0 Å². The molecule has 1 aliphatic rings. The Labute approximate surface area is 134 Å². The van der Waals surface area contributed by atoms with E-state index in [1.165, 1.54) is 12.1 Å². The second kappa shape index (κ2) is 7.76. The van der Waals surface area contributed by atoms with E-state index < -0.39 is 29.8 Å². The molecule has 2 atom stereocenters. The van der Waals surface area contributed by atoms with Gasteiger partial charge in [0.1, 0.15) is 11.7 Å². The lowest BCUT2D eigenvalue weighted by atomic mass is 9.89. The molecule has 1 aliphatic heterocycles. The Bertz CT molecular complexity index is 603. The van der Waals surface area contributed by atoms with Crippen molar-refractivity contribution in [2.75, 3.05) is 6.61 Å². The summed E-state index contributed by atoms with van der Waals surface area (Å²) in [5.41, 5.74) is 0.446. The molecule has 1 aromatic rings. The summed E-state index contributed by atoms with van der Waals surface area (Å²) in [6, 6.07) is 4.68. The molecule has 0 aromatic heterocycles. The van der Waals surface area contributed by atoms with Gasteiger partial charge in [0.2, 0.25) is 0 Å². The van der Waals surface area contributed by atoms with Crippen molar-refractivity contribution in [1.82, 2.24) is 10.6 Å². The van der Waals surface area contributed by atoms with Gasteiger partial charge < -0.3 is 15.4 Å². The Morgan fingerprint density at radius 2 is 2.09 bits per heavy atom. The van der Waals surface area contributed by atoms with Crippen LogP contribution in [0.25, 0.3) is 0 Å². The standard InChI is InChI=1S/C17H21FN2O3/c1-3-4-7-10-23-16(21)14-11(2)19-17(22)20-15(14)12-8-5-6-9-13(12)18/h5-6,8-9,14-15H,2-4,7,10H2,1H3,(H2,19,20,22)/t14-,15-/m1/s1. The molecule has 1 fully saturated rings. The lowest BCUT2D eigenvalue weighted by Crippen LogP contribution is -2.51. The highest BCUT2D eigenvalue weighted by Crippen LogP contribution is 2.31. The van der Waals surface area contributed by atoms with Gasteiger partial charge in [-0.25, -0.2) is 9.18 Å². The predicted molar refractivity (Wildman–Crippen MR) is 83.9 cm³/mol. The maximum atomic E-state index is 14.1. The molecule has 124 valence electrons. The van der Waals surface area contributed by atoms with Crippen LogP contribution in [0.2, 0.25) is 0 Å². The van der Waals surface area contributed by atoms with Gasteiger partial charge in [-0.3, -0.25) is 4.79 Å². The van der Waals surface area contributed by atoms with Crippen LogP contribution < -0.4 is 10.6 Å². The molecule has 1 aromatic carbocycles. The normalized spacial score (nSPS) is 20.6. The van der Waals surface area contributed by atoms with Crippen LogP contribution in [-0.2, 0) is 9.53 Å². The van der Waals surface area contributed by atoms with Crippen molar-refractivity contribution in [2.24, 2.45) is 5.92 Å². The average molecular weight is 320 g/mol. The number of unbranched alkanes of at least 4 members (excludes halogenated alkanes) is 2. The van der Waals surface area contributed by atoms with E-state index in [0.29, 0.717) is 6.61 Å². The van der Waals surface area contributed by atoms with E-state index >= 15 is 0 Å². The van der Waals surface area contributed by atoms with Crippen LogP contribution in [0, 0.1) is 11.7 Å². The molecule has 0 aliphatic carbocycles.